The van der Waals surface area contributed by atoms with Crippen LogP contribution in [0.4, 0.5) is 5.69 Å². The summed E-state index contributed by atoms with van der Waals surface area (Å²) in [7, 11) is 1.47. The number of hydrogen-bond acceptors (Lipinski definition) is 6. The number of carbonyl (C=O) groups excluding carboxylic acids is 3. The molecule has 0 aliphatic carbocycles. The van der Waals surface area contributed by atoms with Crippen molar-refractivity contribution < 1.29 is 23.9 Å². The summed E-state index contributed by atoms with van der Waals surface area (Å²) in [6.07, 6.45) is 0.820. The van der Waals surface area contributed by atoms with Crippen molar-refractivity contribution >= 4 is 35.0 Å². The smallest absolute Gasteiger partial charge is 0.272 e. The maximum atomic E-state index is 12.6. The lowest BCUT2D eigenvalue weighted by Crippen LogP contribution is -2.49. The van der Waals surface area contributed by atoms with Crippen molar-refractivity contribution in [3.05, 3.63) is 53.1 Å². The highest BCUT2D eigenvalue weighted by Gasteiger charge is 2.40. The van der Waals surface area contributed by atoms with E-state index in [0.29, 0.717) is 17.2 Å². The second-order valence-electron chi connectivity index (χ2n) is 6.62. The van der Waals surface area contributed by atoms with Gasteiger partial charge in [0.2, 0.25) is 5.91 Å². The average Bonchev–Trinajstić information content (AvgIpc) is 3.04. The summed E-state index contributed by atoms with van der Waals surface area (Å²) in [5.41, 5.74) is 6.52. The quantitative estimate of drug-likeness (QED) is 0.491. The van der Waals surface area contributed by atoms with Crippen LogP contribution in [0, 0.1) is 0 Å². The van der Waals surface area contributed by atoms with Gasteiger partial charge in [-0.3, -0.25) is 19.8 Å². The number of hydrazine groups is 1. The molecule has 0 aromatic heterocycles. The Morgan fingerprint density at radius 1 is 1.20 bits per heavy atom. The first-order chi connectivity index (χ1) is 14.4. The van der Waals surface area contributed by atoms with Crippen LogP contribution in [-0.4, -0.2) is 37.5 Å². The number of rotatable bonds is 8. The highest BCUT2D eigenvalue weighted by Crippen LogP contribution is 2.31. The molecule has 0 saturated carbocycles. The normalized spacial score (nSPS) is 16.0. The number of ether oxygens (including phenoxy) is 2. The first-order valence-electron chi connectivity index (χ1n) is 9.39. The predicted octanol–water partition coefficient (Wildman–Crippen LogP) is 2.24. The molecule has 1 atom stereocenters. The lowest BCUT2D eigenvalue weighted by Gasteiger charge is -2.17. The first kappa shape index (κ1) is 21.6. The van der Waals surface area contributed by atoms with Gasteiger partial charge >= 0.3 is 0 Å². The molecular formula is C21H22ClN3O5. The molecule has 1 saturated heterocycles. The largest absolute Gasteiger partial charge is 0.495 e. The molecule has 2 aromatic carbocycles. The van der Waals surface area contributed by atoms with E-state index in [1.807, 2.05) is 12.1 Å². The van der Waals surface area contributed by atoms with Gasteiger partial charge < -0.3 is 9.47 Å². The third kappa shape index (κ3) is 4.90. The minimum atomic E-state index is -0.883. The number of anilines is 1. The van der Waals surface area contributed by atoms with Gasteiger partial charge in [-0.1, -0.05) is 30.7 Å². The van der Waals surface area contributed by atoms with E-state index in [9.17, 15) is 14.4 Å². The molecule has 2 N–H and O–H groups in total. The van der Waals surface area contributed by atoms with Gasteiger partial charge in [0, 0.05) is 0 Å². The van der Waals surface area contributed by atoms with Gasteiger partial charge in [0.25, 0.3) is 11.8 Å². The number of imide groups is 1. The number of nitrogens with one attached hydrogen (secondary N) is 2. The van der Waals surface area contributed by atoms with Crippen LogP contribution in [0.3, 0.4) is 0 Å². The summed E-state index contributed by atoms with van der Waals surface area (Å²) in [6.45, 7) is 1.82. The molecule has 0 spiro atoms. The molecule has 9 heteroatoms. The van der Waals surface area contributed by atoms with E-state index in [1.54, 1.807) is 24.3 Å². The van der Waals surface area contributed by atoms with Crippen molar-refractivity contribution in [2.24, 2.45) is 0 Å². The number of aryl methyl sites for hydroxylation is 1. The fourth-order valence-corrected chi connectivity index (χ4v) is 3.24. The van der Waals surface area contributed by atoms with Crippen LogP contribution in [0.25, 0.3) is 0 Å². The highest BCUT2D eigenvalue weighted by molar-refractivity contribution is 6.33. The Morgan fingerprint density at radius 2 is 1.93 bits per heavy atom. The zero-order valence-electron chi connectivity index (χ0n) is 16.6. The summed E-state index contributed by atoms with van der Waals surface area (Å²) in [5, 5.41) is 0.282. The summed E-state index contributed by atoms with van der Waals surface area (Å²) in [4.78, 5) is 38.0. The Kier molecular flexibility index (Phi) is 6.91. The maximum absolute atomic E-state index is 12.6. The van der Waals surface area contributed by atoms with Crippen LogP contribution in [0.5, 0.6) is 11.5 Å². The molecule has 1 fully saturated rings. The fraction of sp³-hybridized carbons (Fsp3) is 0.286. The van der Waals surface area contributed by atoms with Crippen molar-refractivity contribution in [3.63, 3.8) is 0 Å². The third-order valence-corrected chi connectivity index (χ3v) is 4.92. The number of hydrogen-bond donors (Lipinski definition) is 2. The number of carbonyl (C=O) groups is 3. The van der Waals surface area contributed by atoms with Crippen molar-refractivity contribution in [1.82, 2.24) is 10.9 Å². The second-order valence-corrected chi connectivity index (χ2v) is 7.03. The molecule has 1 heterocycles. The van der Waals surface area contributed by atoms with Crippen molar-refractivity contribution in [1.29, 1.82) is 0 Å². The number of amides is 3. The molecule has 1 aliphatic heterocycles. The molecule has 3 rings (SSSR count). The number of halogens is 1. The van der Waals surface area contributed by atoms with Crippen LogP contribution in [0.1, 0.15) is 18.9 Å². The molecule has 1 aliphatic rings. The minimum Gasteiger partial charge on any atom is -0.495 e. The van der Waals surface area contributed by atoms with Gasteiger partial charge in [0.15, 0.2) is 6.61 Å². The van der Waals surface area contributed by atoms with Crippen LogP contribution in [-0.2, 0) is 20.8 Å². The number of nitrogens with zero attached hydrogens (tertiary/aromatic N) is 1. The zero-order valence-corrected chi connectivity index (χ0v) is 17.4. The van der Waals surface area contributed by atoms with Crippen LogP contribution >= 0.6 is 11.6 Å². The highest BCUT2D eigenvalue weighted by atomic mass is 35.5. The molecular weight excluding hydrogens is 410 g/mol. The first-order valence-corrected chi connectivity index (χ1v) is 9.77. The van der Waals surface area contributed by atoms with Gasteiger partial charge in [-0.05, 0) is 42.3 Å². The monoisotopic (exact) mass is 431 g/mol. The Balaban J connectivity index is 1.53. The summed E-state index contributed by atoms with van der Waals surface area (Å²) < 4.78 is 10.5. The van der Waals surface area contributed by atoms with E-state index in [1.165, 1.54) is 18.7 Å². The van der Waals surface area contributed by atoms with Gasteiger partial charge in [-0.25, -0.2) is 10.3 Å². The van der Waals surface area contributed by atoms with Crippen LogP contribution in [0.2, 0.25) is 5.02 Å². The second kappa shape index (κ2) is 9.60. The SMILES string of the molecule is CCc1ccc(OCC(=O)NNC2CC(=O)N(c3ccc(OC)c(Cl)c3)C2=O)cc1. The van der Waals surface area contributed by atoms with E-state index in [-0.39, 0.29) is 18.1 Å². The molecule has 0 bridgehead atoms. The van der Waals surface area contributed by atoms with Crippen molar-refractivity contribution in [2.75, 3.05) is 18.6 Å². The molecule has 8 nitrogen and oxygen atoms in total. The maximum Gasteiger partial charge on any atom is 0.272 e. The minimum absolute atomic E-state index is 0.0951. The van der Waals surface area contributed by atoms with Crippen molar-refractivity contribution in [3.8, 4) is 11.5 Å². The predicted molar refractivity (Wildman–Crippen MR) is 111 cm³/mol. The average molecular weight is 432 g/mol. The number of methoxy groups -OCH3 is 1. The van der Waals surface area contributed by atoms with E-state index in [0.717, 1.165) is 11.3 Å². The van der Waals surface area contributed by atoms with E-state index >= 15 is 0 Å². The molecule has 158 valence electrons. The molecule has 30 heavy (non-hydrogen) atoms. The van der Waals surface area contributed by atoms with E-state index < -0.39 is 23.8 Å². The standard InChI is InChI=1S/C21H22ClN3O5/c1-3-13-4-7-15(8-5-13)30-12-19(26)24-23-17-11-20(27)25(21(17)28)14-6-9-18(29-2)16(22)10-14/h4-10,17,23H,3,11-12H2,1-2H3,(H,24,26). The molecule has 3 amide bonds. The fourth-order valence-electron chi connectivity index (χ4n) is 2.98. The van der Waals surface area contributed by atoms with Crippen molar-refractivity contribution in [2.45, 2.75) is 25.8 Å². The lowest BCUT2D eigenvalue weighted by molar-refractivity contribution is -0.125. The topological polar surface area (TPSA) is 97.0 Å². The van der Waals surface area contributed by atoms with Crippen LogP contribution < -0.4 is 25.2 Å². The molecule has 2 aromatic rings. The molecule has 0 radical (unpaired) electrons. The molecule has 1 unspecified atom stereocenters. The Morgan fingerprint density at radius 3 is 2.57 bits per heavy atom. The van der Waals surface area contributed by atoms with Gasteiger partial charge in [0.1, 0.15) is 17.5 Å². The Hall–Kier alpha value is -3.10. The van der Waals surface area contributed by atoms with Gasteiger partial charge in [0.05, 0.1) is 24.2 Å². The zero-order chi connectivity index (χ0) is 21.7. The Labute approximate surface area is 179 Å². The lowest BCUT2D eigenvalue weighted by atomic mass is 10.2. The summed E-state index contributed by atoms with van der Waals surface area (Å²) in [5.74, 6) is -0.360. The van der Waals surface area contributed by atoms with Crippen LogP contribution in [0.15, 0.2) is 42.5 Å². The van der Waals surface area contributed by atoms with E-state index in [2.05, 4.69) is 17.8 Å². The summed E-state index contributed by atoms with van der Waals surface area (Å²) in [6, 6.07) is 11.2. The van der Waals surface area contributed by atoms with Gasteiger partial charge in [-0.2, -0.15) is 0 Å². The summed E-state index contributed by atoms with van der Waals surface area (Å²) >= 11 is 6.08. The number of benzene rings is 2. The van der Waals surface area contributed by atoms with Gasteiger partial charge in [-0.15, -0.1) is 0 Å². The van der Waals surface area contributed by atoms with E-state index in [4.69, 9.17) is 21.1 Å². The third-order valence-electron chi connectivity index (χ3n) is 4.63. The Bertz CT molecular complexity index is 948.